The van der Waals surface area contributed by atoms with Gasteiger partial charge in [0.05, 0.1) is 11.5 Å². The Morgan fingerprint density at radius 3 is 3.12 bits per heavy atom. The van der Waals surface area contributed by atoms with Crippen LogP contribution in [0.1, 0.15) is 34.3 Å². The lowest BCUT2D eigenvalue weighted by Gasteiger charge is -2.32. The fourth-order valence-corrected chi connectivity index (χ4v) is 4.71. The lowest BCUT2D eigenvalue weighted by molar-refractivity contribution is 0.0707. The highest BCUT2D eigenvalue weighted by molar-refractivity contribution is 7.20. The van der Waals surface area contributed by atoms with Gasteiger partial charge in [-0.1, -0.05) is 18.2 Å². The molecule has 0 spiro atoms. The van der Waals surface area contributed by atoms with Gasteiger partial charge < -0.3 is 14.2 Å². The maximum absolute atomic E-state index is 13.0. The Morgan fingerprint density at radius 1 is 1.38 bits per heavy atom. The van der Waals surface area contributed by atoms with Crippen molar-refractivity contribution in [3.05, 3.63) is 53.4 Å². The minimum atomic E-state index is 0.144. The molecule has 1 atom stereocenters. The van der Waals surface area contributed by atoms with E-state index in [1.165, 1.54) is 4.70 Å². The third-order valence-electron chi connectivity index (χ3n) is 4.99. The molecule has 5 nitrogen and oxygen atoms in total. The molecule has 1 aromatic carbocycles. The summed E-state index contributed by atoms with van der Waals surface area (Å²) in [6.07, 6.45) is 5.93. The number of rotatable bonds is 5. The van der Waals surface area contributed by atoms with Gasteiger partial charge in [0, 0.05) is 49.8 Å². The molecule has 6 heteroatoms. The minimum absolute atomic E-state index is 0.144. The maximum atomic E-state index is 13.0. The second-order valence-electron chi connectivity index (χ2n) is 6.71. The molecule has 1 aliphatic heterocycles. The molecule has 0 radical (unpaired) electrons. The van der Waals surface area contributed by atoms with E-state index in [1.807, 2.05) is 35.5 Å². The second-order valence-corrected chi connectivity index (χ2v) is 7.79. The number of ether oxygens (including phenoxy) is 1. The molecule has 1 fully saturated rings. The van der Waals surface area contributed by atoms with Crippen LogP contribution >= 0.6 is 11.3 Å². The van der Waals surface area contributed by atoms with E-state index < -0.39 is 0 Å². The van der Waals surface area contributed by atoms with E-state index in [1.54, 1.807) is 18.4 Å². The molecule has 0 unspecified atom stereocenters. The average molecular weight is 369 g/mol. The van der Waals surface area contributed by atoms with Crippen LogP contribution in [0.3, 0.4) is 0 Å². The number of fused-ring (bicyclic) bond motifs is 1. The molecule has 0 aliphatic carbocycles. The molecular formula is C20H23N3O2S. The highest BCUT2D eigenvalue weighted by atomic mass is 32.1. The molecule has 1 aliphatic rings. The topological polar surface area (TPSA) is 47.4 Å². The van der Waals surface area contributed by atoms with Gasteiger partial charge in [0.15, 0.2) is 0 Å². The lowest BCUT2D eigenvalue weighted by Crippen LogP contribution is -2.39. The largest absolute Gasteiger partial charge is 0.383 e. The fourth-order valence-electron chi connectivity index (χ4n) is 3.67. The summed E-state index contributed by atoms with van der Waals surface area (Å²) in [6.45, 7) is 3.02. The van der Waals surface area contributed by atoms with Crippen LogP contribution in [0.15, 0.2) is 42.7 Å². The van der Waals surface area contributed by atoms with Crippen LogP contribution in [0.4, 0.5) is 0 Å². The predicted molar refractivity (Wildman–Crippen MR) is 104 cm³/mol. The number of hydrogen-bond acceptors (Lipinski definition) is 4. The van der Waals surface area contributed by atoms with Crippen molar-refractivity contribution in [2.45, 2.75) is 25.3 Å². The highest BCUT2D eigenvalue weighted by Crippen LogP contribution is 2.30. The Hall–Kier alpha value is -2.18. The number of benzene rings is 1. The summed E-state index contributed by atoms with van der Waals surface area (Å²) in [5.74, 6) is 1.50. The van der Waals surface area contributed by atoms with Crippen molar-refractivity contribution >= 4 is 27.3 Å². The summed E-state index contributed by atoms with van der Waals surface area (Å²) < 4.78 is 8.51. The number of methoxy groups -OCH3 is 1. The number of nitrogens with zero attached hydrogens (tertiary/aromatic N) is 3. The van der Waals surface area contributed by atoms with Crippen molar-refractivity contribution in [3.63, 3.8) is 0 Å². The zero-order chi connectivity index (χ0) is 17.9. The number of thiophene rings is 1. The van der Waals surface area contributed by atoms with E-state index in [0.29, 0.717) is 6.61 Å². The Kier molecular flexibility index (Phi) is 5.04. The first-order valence-corrected chi connectivity index (χ1v) is 9.85. The maximum Gasteiger partial charge on any atom is 0.263 e. The van der Waals surface area contributed by atoms with E-state index >= 15 is 0 Å². The summed E-state index contributed by atoms with van der Waals surface area (Å²) in [5, 5.41) is 1.14. The molecule has 1 saturated heterocycles. The number of piperidine rings is 1. The third kappa shape index (κ3) is 3.39. The molecule has 136 valence electrons. The van der Waals surface area contributed by atoms with Gasteiger partial charge in [-0.2, -0.15) is 0 Å². The molecule has 26 heavy (non-hydrogen) atoms. The quantitative estimate of drug-likeness (QED) is 0.688. The Balaban J connectivity index is 1.51. The first kappa shape index (κ1) is 17.2. The monoisotopic (exact) mass is 369 g/mol. The number of imidazole rings is 1. The molecule has 4 rings (SSSR count). The van der Waals surface area contributed by atoms with E-state index in [9.17, 15) is 4.79 Å². The first-order valence-electron chi connectivity index (χ1n) is 9.04. The number of aromatic nitrogens is 2. The molecule has 3 aromatic rings. The molecular weight excluding hydrogens is 346 g/mol. The Bertz CT molecular complexity index is 868. The van der Waals surface area contributed by atoms with Gasteiger partial charge in [-0.3, -0.25) is 4.79 Å². The zero-order valence-corrected chi connectivity index (χ0v) is 15.7. The summed E-state index contributed by atoms with van der Waals surface area (Å²) in [5.41, 5.74) is 0. The number of amides is 1. The van der Waals surface area contributed by atoms with E-state index in [2.05, 4.69) is 21.7 Å². The Morgan fingerprint density at radius 2 is 2.27 bits per heavy atom. The predicted octanol–water partition coefficient (Wildman–Crippen LogP) is 3.76. The highest BCUT2D eigenvalue weighted by Gasteiger charge is 2.28. The van der Waals surface area contributed by atoms with Gasteiger partial charge >= 0.3 is 0 Å². The van der Waals surface area contributed by atoms with Gasteiger partial charge in [-0.05, 0) is 30.4 Å². The zero-order valence-electron chi connectivity index (χ0n) is 14.9. The third-order valence-corrected chi connectivity index (χ3v) is 6.10. The minimum Gasteiger partial charge on any atom is -0.383 e. The average Bonchev–Trinajstić information content (AvgIpc) is 3.32. The molecule has 3 heterocycles. The normalized spacial score (nSPS) is 17.7. The molecule has 0 N–H and O–H groups in total. The summed E-state index contributed by atoms with van der Waals surface area (Å²) in [7, 11) is 1.71. The Labute approximate surface area is 157 Å². The fraction of sp³-hybridized carbons (Fsp3) is 0.400. The van der Waals surface area contributed by atoms with Crippen LogP contribution in [0.5, 0.6) is 0 Å². The van der Waals surface area contributed by atoms with E-state index in [4.69, 9.17) is 4.74 Å². The number of hydrogen-bond donors (Lipinski definition) is 0. The van der Waals surface area contributed by atoms with Crippen LogP contribution in [-0.2, 0) is 11.3 Å². The molecule has 2 aromatic heterocycles. The summed E-state index contributed by atoms with van der Waals surface area (Å²) in [6, 6.07) is 10.2. The van der Waals surface area contributed by atoms with Crippen molar-refractivity contribution in [3.8, 4) is 0 Å². The van der Waals surface area contributed by atoms with Crippen molar-refractivity contribution < 1.29 is 9.53 Å². The van der Waals surface area contributed by atoms with Crippen LogP contribution < -0.4 is 0 Å². The van der Waals surface area contributed by atoms with Crippen molar-refractivity contribution in [1.82, 2.24) is 14.5 Å². The van der Waals surface area contributed by atoms with Gasteiger partial charge in [-0.25, -0.2) is 4.98 Å². The summed E-state index contributed by atoms with van der Waals surface area (Å²) in [4.78, 5) is 20.4. The standard InChI is InChI=1S/C20H23N3O2S/c1-25-12-11-22-10-8-21-19(22)16-6-4-9-23(14-16)20(24)18-13-15-5-2-3-7-17(15)26-18/h2-3,5,7-8,10,13,16H,4,6,9,11-12,14H2,1H3/t16-/m1/s1. The van der Waals surface area contributed by atoms with Gasteiger partial charge in [-0.15, -0.1) is 11.3 Å². The van der Waals surface area contributed by atoms with Gasteiger partial charge in [0.2, 0.25) is 0 Å². The first-order chi connectivity index (χ1) is 12.8. The summed E-state index contributed by atoms with van der Waals surface area (Å²) >= 11 is 1.58. The van der Waals surface area contributed by atoms with E-state index in [-0.39, 0.29) is 11.8 Å². The lowest BCUT2D eigenvalue weighted by atomic mass is 9.97. The van der Waals surface area contributed by atoms with E-state index in [0.717, 1.165) is 48.6 Å². The van der Waals surface area contributed by atoms with Gasteiger partial charge in [0.25, 0.3) is 5.91 Å². The number of likely N-dealkylation sites (tertiary alicyclic amines) is 1. The van der Waals surface area contributed by atoms with Crippen LogP contribution in [0, 0.1) is 0 Å². The van der Waals surface area contributed by atoms with Crippen molar-refractivity contribution in [1.29, 1.82) is 0 Å². The van der Waals surface area contributed by atoms with Crippen molar-refractivity contribution in [2.75, 3.05) is 26.8 Å². The van der Waals surface area contributed by atoms with Gasteiger partial charge in [0.1, 0.15) is 5.82 Å². The smallest absolute Gasteiger partial charge is 0.263 e. The van der Waals surface area contributed by atoms with Crippen LogP contribution in [-0.4, -0.2) is 47.2 Å². The van der Waals surface area contributed by atoms with Crippen LogP contribution in [0.2, 0.25) is 0 Å². The second kappa shape index (κ2) is 7.60. The molecule has 1 amide bonds. The van der Waals surface area contributed by atoms with Crippen molar-refractivity contribution in [2.24, 2.45) is 0 Å². The molecule has 0 saturated carbocycles. The number of carbonyl (C=O) groups excluding carboxylic acids is 1. The SMILES string of the molecule is COCCn1ccnc1[C@@H]1CCCN(C(=O)c2cc3ccccc3s2)C1. The van der Waals surface area contributed by atoms with Crippen LogP contribution in [0.25, 0.3) is 10.1 Å². The number of carbonyl (C=O) groups is 1. The molecule has 0 bridgehead atoms.